The van der Waals surface area contributed by atoms with Crippen molar-refractivity contribution in [3.05, 3.63) is 273 Å². The molecule has 1 aliphatic carbocycles. The quantitative estimate of drug-likeness (QED) is 0.0413. The van der Waals surface area contributed by atoms with Crippen molar-refractivity contribution in [2.45, 2.75) is 91.4 Å². The third-order valence-corrected chi connectivity index (χ3v) is 20.4. The smallest absolute Gasteiger partial charge is 0.263 e. The zero-order valence-corrected chi connectivity index (χ0v) is 65.0. The Morgan fingerprint density at radius 1 is 0.474 bits per heavy atom. The lowest BCUT2D eigenvalue weighted by Crippen LogP contribution is -2.27. The second kappa shape index (κ2) is 31.7. The minimum atomic E-state index is -0.309. The molecule has 30 nitrogen and oxygen atoms in total. The Morgan fingerprint density at radius 2 is 0.914 bits per heavy atom. The van der Waals surface area contributed by atoms with E-state index in [1.807, 2.05) is 166 Å². The average Bonchev–Trinajstić information content (AvgIpc) is 0.863. The summed E-state index contributed by atoms with van der Waals surface area (Å²) in [6.45, 7) is 11.3. The fourth-order valence-electron chi connectivity index (χ4n) is 14.8. The van der Waals surface area contributed by atoms with Crippen molar-refractivity contribution in [1.29, 1.82) is 0 Å². The number of anilines is 6. The summed E-state index contributed by atoms with van der Waals surface area (Å²) in [5.74, 6) is 3.80. The first-order valence-corrected chi connectivity index (χ1v) is 37.9. The highest BCUT2D eigenvalue weighted by Crippen LogP contribution is 2.42. The highest BCUT2D eigenvalue weighted by molar-refractivity contribution is 5.99. The molecule has 1 saturated carbocycles. The summed E-state index contributed by atoms with van der Waals surface area (Å²) in [6.07, 6.45) is 19.2. The molecule has 17 aromatic rings. The van der Waals surface area contributed by atoms with Gasteiger partial charge >= 0.3 is 0 Å². The number of nitrogens with one attached hydrogen (secondary N) is 3. The molecule has 3 atom stereocenters. The zero-order valence-electron chi connectivity index (χ0n) is 65.0. The molecule has 0 radical (unpaired) electrons. The Kier molecular flexibility index (Phi) is 20.5. The molecular weight excluding hydrogens is 1470 g/mol. The zero-order chi connectivity index (χ0) is 80.6. The third-order valence-electron chi connectivity index (χ3n) is 20.4. The number of benzene rings is 5. The van der Waals surface area contributed by atoms with Crippen LogP contribution in [0, 0.1) is 20.8 Å². The molecule has 0 unspecified atom stereocenters. The van der Waals surface area contributed by atoms with E-state index in [2.05, 4.69) is 109 Å². The van der Waals surface area contributed by atoms with E-state index in [0.29, 0.717) is 110 Å². The minimum Gasteiger partial charge on any atom is -0.421 e. The van der Waals surface area contributed by atoms with Gasteiger partial charge in [0.25, 0.3) is 28.5 Å². The van der Waals surface area contributed by atoms with E-state index < -0.39 is 0 Å². The average molecular weight is 1550 g/mol. The molecule has 0 aliphatic heterocycles. The summed E-state index contributed by atoms with van der Waals surface area (Å²) in [4.78, 5) is 65.2. The molecule has 12 aromatic heterocycles. The van der Waals surface area contributed by atoms with Gasteiger partial charge in [-0.1, -0.05) is 115 Å². The summed E-state index contributed by atoms with van der Waals surface area (Å²) in [6, 6.07) is 47.6. The van der Waals surface area contributed by atoms with Gasteiger partial charge in [-0.05, 0) is 133 Å². The normalized spacial score (nSPS) is 12.8. The molecule has 18 rings (SSSR count). The standard InChI is InChI=1S/2C30H28N8O2.C26H26N8O2/c1-4-24(35-28-27(23(31)13-14-32-28)29-34-18(2)40-36-29)25-15-19-9-8-12-22(20-16-33-37(3)17-20)26(19)30(39)38(25)21-10-6-5-7-11-21;1-4-24(35-28-27(23(31)13-14-32-28)29-34-18(2)36-40-29)25-15-19-9-8-12-22(20-16-33-37(3)17-20)26(19)30(39)38(25)21-10-6-5-7-11-21;1-14(30-24-23(20(27)9-10-28-24)25-32-31-15(2)36-25)21-11-16-5-4-6-19(17-12-29-33(3)13-17)22(16)26(35)34(21)18-7-8-18/h2*5-17,24H,4H2,1-3H3,(H3,31,32,35);4-6,9-14,18H,7-8H2,1-3H3,(H3,27,28,30)/t2*24-;14-/m000/s1. The number of para-hydroxylation sites is 2. The minimum absolute atomic E-state index is 0.00591. The molecule has 30 heteroatoms. The Balaban J connectivity index is 0.000000131. The number of nitrogens with two attached hydrogens (primary N) is 3. The molecule has 116 heavy (non-hydrogen) atoms. The number of pyridine rings is 6. The van der Waals surface area contributed by atoms with Crippen LogP contribution in [0.15, 0.2) is 235 Å². The van der Waals surface area contributed by atoms with E-state index in [1.165, 1.54) is 0 Å². The highest BCUT2D eigenvalue weighted by atomic mass is 16.5. The summed E-state index contributed by atoms with van der Waals surface area (Å²) in [5, 5.41) is 44.0. The van der Waals surface area contributed by atoms with Crippen molar-refractivity contribution in [3.63, 3.8) is 0 Å². The van der Waals surface area contributed by atoms with Crippen molar-refractivity contribution in [3.8, 4) is 79.1 Å². The molecule has 1 fully saturated rings. The fraction of sp³-hybridized carbons (Fsp3) is 0.198. The van der Waals surface area contributed by atoms with Crippen LogP contribution in [0.1, 0.15) is 105 Å². The lowest BCUT2D eigenvalue weighted by molar-refractivity contribution is 0.394. The Labute approximate surface area is 663 Å². The number of fused-ring (bicyclic) bond motifs is 3. The first-order chi connectivity index (χ1) is 56.3. The lowest BCUT2D eigenvalue weighted by Gasteiger charge is -2.24. The van der Waals surface area contributed by atoms with Crippen LogP contribution in [-0.4, -0.2) is 88.5 Å². The van der Waals surface area contributed by atoms with E-state index in [9.17, 15) is 14.4 Å². The van der Waals surface area contributed by atoms with Crippen LogP contribution in [0.5, 0.6) is 0 Å². The second-order valence-corrected chi connectivity index (χ2v) is 28.4. The van der Waals surface area contributed by atoms with Gasteiger partial charge < -0.3 is 51.2 Å². The molecule has 582 valence electrons. The van der Waals surface area contributed by atoms with Crippen molar-refractivity contribution in [2.75, 3.05) is 33.2 Å². The van der Waals surface area contributed by atoms with Gasteiger partial charge in [0.05, 0.1) is 58.4 Å². The maximum Gasteiger partial charge on any atom is 0.263 e. The van der Waals surface area contributed by atoms with Crippen LogP contribution in [0.3, 0.4) is 0 Å². The molecule has 0 bridgehead atoms. The highest BCUT2D eigenvalue weighted by Gasteiger charge is 2.32. The maximum absolute atomic E-state index is 14.4. The largest absolute Gasteiger partial charge is 0.421 e. The van der Waals surface area contributed by atoms with Gasteiger partial charge in [0, 0.05) is 140 Å². The molecule has 5 aromatic carbocycles. The van der Waals surface area contributed by atoms with E-state index in [4.69, 9.17) is 30.7 Å². The molecular formula is C86H82N24O6. The number of nitrogen functional groups attached to an aromatic ring is 3. The predicted molar refractivity (Wildman–Crippen MR) is 448 cm³/mol. The molecule has 12 heterocycles. The van der Waals surface area contributed by atoms with Gasteiger partial charge in [-0.2, -0.15) is 25.3 Å². The van der Waals surface area contributed by atoms with Crippen LogP contribution < -0.4 is 49.8 Å². The maximum atomic E-state index is 14.4. The van der Waals surface area contributed by atoms with Gasteiger partial charge in [-0.15, -0.1) is 10.2 Å². The van der Waals surface area contributed by atoms with Crippen LogP contribution in [0.4, 0.5) is 34.5 Å². The van der Waals surface area contributed by atoms with E-state index in [-0.39, 0.29) is 46.7 Å². The monoisotopic (exact) mass is 1550 g/mol. The van der Waals surface area contributed by atoms with Gasteiger partial charge in [0.2, 0.25) is 17.6 Å². The van der Waals surface area contributed by atoms with E-state index in [1.54, 1.807) is 99.3 Å². The Hall–Kier alpha value is -15.0. The first kappa shape index (κ1) is 75.1. The number of hydrogen-bond acceptors (Lipinski definition) is 24. The number of hydrogen-bond donors (Lipinski definition) is 6. The summed E-state index contributed by atoms with van der Waals surface area (Å²) < 4.78 is 27.0. The third kappa shape index (κ3) is 14.7. The van der Waals surface area contributed by atoms with Gasteiger partial charge in [0.1, 0.15) is 28.6 Å². The van der Waals surface area contributed by atoms with E-state index >= 15 is 0 Å². The van der Waals surface area contributed by atoms with E-state index in [0.717, 1.165) is 90.8 Å². The molecule has 9 N–H and O–H groups in total. The first-order valence-electron chi connectivity index (χ1n) is 37.9. The topological polar surface area (TPSA) is 389 Å². The van der Waals surface area contributed by atoms with Crippen LogP contribution in [-0.2, 0) is 21.1 Å². The van der Waals surface area contributed by atoms with Crippen molar-refractivity contribution in [1.82, 2.24) is 88.5 Å². The van der Waals surface area contributed by atoms with Crippen LogP contribution >= 0.6 is 0 Å². The fourth-order valence-corrected chi connectivity index (χ4v) is 14.8. The molecule has 1 aliphatic rings. The lowest BCUT2D eigenvalue weighted by atomic mass is 9.99. The summed E-state index contributed by atoms with van der Waals surface area (Å²) >= 11 is 0. The Morgan fingerprint density at radius 3 is 1.32 bits per heavy atom. The number of nitrogens with zero attached hydrogens (tertiary/aromatic N) is 18. The number of aromatic nitrogens is 18. The summed E-state index contributed by atoms with van der Waals surface area (Å²) in [7, 11) is 5.60. The van der Waals surface area contributed by atoms with Gasteiger partial charge in [0.15, 0.2) is 5.82 Å². The van der Waals surface area contributed by atoms with Gasteiger partial charge in [-0.25, -0.2) is 15.0 Å². The Bertz CT molecular complexity index is 6430. The van der Waals surface area contributed by atoms with Gasteiger partial charge in [-0.3, -0.25) is 37.6 Å². The SMILES string of the molecule is CC[C@H](Nc1nccc(N)c1-c1nc(C)no1)c1cc2cccc(-c3cnn(C)c3)c2c(=O)n1-c1ccccc1.CC[C@H](Nc1nccc(N)c1-c1noc(C)n1)c1cc2cccc(-c3cnn(C)c3)c2c(=O)n1-c1ccccc1.Cc1nnc(-c2c(N)ccnc2N[C@@H](C)c2cc3cccc(-c4cnn(C)c4)c3c(=O)n2C2CC2)o1. The van der Waals surface area contributed by atoms with Crippen molar-refractivity contribution in [2.24, 2.45) is 21.1 Å². The summed E-state index contributed by atoms with van der Waals surface area (Å²) in [5.41, 5.74) is 31.0. The predicted octanol–water partition coefficient (Wildman–Crippen LogP) is 14.8. The van der Waals surface area contributed by atoms with Crippen LogP contribution in [0.25, 0.3) is 111 Å². The molecule has 0 amide bonds. The molecule has 0 saturated heterocycles. The van der Waals surface area contributed by atoms with Crippen molar-refractivity contribution >= 4 is 66.8 Å². The number of rotatable bonds is 20. The molecule has 0 spiro atoms. The van der Waals surface area contributed by atoms with Crippen molar-refractivity contribution < 1.29 is 13.5 Å². The second-order valence-electron chi connectivity index (χ2n) is 28.4. The van der Waals surface area contributed by atoms with Crippen LogP contribution in [0.2, 0.25) is 0 Å². The number of aryl methyl sites for hydroxylation is 6.